The molecule has 168 valence electrons. The molecular formula is C21H28FN5O3S. The number of ether oxygens (including phenoxy) is 1. The molecule has 10 heteroatoms. The van der Waals surface area contributed by atoms with Gasteiger partial charge in [0.25, 0.3) is 5.91 Å². The van der Waals surface area contributed by atoms with Crippen LogP contribution in [0.25, 0.3) is 6.08 Å². The van der Waals surface area contributed by atoms with Crippen LogP contribution < -0.4 is 10.2 Å². The number of amides is 2. The second-order valence-corrected chi connectivity index (χ2v) is 8.52. The summed E-state index contributed by atoms with van der Waals surface area (Å²) in [6.07, 6.45) is 3.14. The van der Waals surface area contributed by atoms with Crippen molar-refractivity contribution >= 4 is 35.0 Å². The SMILES string of the molecule is CCN(CCN(C)C)C(=O)Oc1cc(F)ccc1/C=C1\SC(N2CCCCN2)=NC1=O. The summed E-state index contributed by atoms with van der Waals surface area (Å²) in [5, 5.41) is 2.47. The Kier molecular flexibility index (Phi) is 8.05. The summed E-state index contributed by atoms with van der Waals surface area (Å²) in [7, 11) is 3.84. The van der Waals surface area contributed by atoms with Crippen LogP contribution in [-0.2, 0) is 4.79 Å². The lowest BCUT2D eigenvalue weighted by atomic mass is 10.2. The molecule has 2 heterocycles. The van der Waals surface area contributed by atoms with Gasteiger partial charge in [0.2, 0.25) is 0 Å². The highest BCUT2D eigenvalue weighted by molar-refractivity contribution is 8.18. The van der Waals surface area contributed by atoms with Crippen LogP contribution in [0.4, 0.5) is 9.18 Å². The van der Waals surface area contributed by atoms with Crippen molar-refractivity contribution in [3.8, 4) is 5.75 Å². The van der Waals surface area contributed by atoms with Gasteiger partial charge < -0.3 is 14.5 Å². The third-order valence-electron chi connectivity index (χ3n) is 4.87. The minimum Gasteiger partial charge on any atom is -0.409 e. The van der Waals surface area contributed by atoms with Crippen molar-refractivity contribution in [1.29, 1.82) is 0 Å². The van der Waals surface area contributed by atoms with Gasteiger partial charge in [0.15, 0.2) is 5.17 Å². The number of halogens is 1. The van der Waals surface area contributed by atoms with Gasteiger partial charge in [0.1, 0.15) is 11.6 Å². The topological polar surface area (TPSA) is 77.5 Å². The van der Waals surface area contributed by atoms with Crippen molar-refractivity contribution in [2.75, 3.05) is 46.8 Å². The van der Waals surface area contributed by atoms with E-state index in [1.54, 1.807) is 11.0 Å². The lowest BCUT2D eigenvalue weighted by Crippen LogP contribution is -2.45. The maximum Gasteiger partial charge on any atom is 0.415 e. The average molecular weight is 450 g/mol. The Bertz CT molecular complexity index is 884. The lowest BCUT2D eigenvalue weighted by molar-refractivity contribution is -0.113. The molecule has 0 radical (unpaired) electrons. The molecule has 2 aliphatic rings. The molecule has 0 aromatic heterocycles. The molecule has 0 atom stereocenters. The number of nitrogens with one attached hydrogen (secondary N) is 1. The predicted molar refractivity (Wildman–Crippen MR) is 120 cm³/mol. The highest BCUT2D eigenvalue weighted by Crippen LogP contribution is 2.33. The van der Waals surface area contributed by atoms with Crippen molar-refractivity contribution in [2.24, 2.45) is 4.99 Å². The van der Waals surface area contributed by atoms with Crippen LogP contribution >= 0.6 is 11.8 Å². The third kappa shape index (κ3) is 6.28. The molecule has 8 nitrogen and oxygen atoms in total. The first-order chi connectivity index (χ1) is 14.9. The van der Waals surface area contributed by atoms with Crippen molar-refractivity contribution in [2.45, 2.75) is 19.8 Å². The second-order valence-electron chi connectivity index (χ2n) is 7.51. The van der Waals surface area contributed by atoms with Crippen LogP contribution in [0.15, 0.2) is 28.1 Å². The number of carbonyl (C=O) groups is 2. The van der Waals surface area contributed by atoms with E-state index in [1.807, 2.05) is 30.9 Å². The van der Waals surface area contributed by atoms with Crippen molar-refractivity contribution in [3.63, 3.8) is 0 Å². The first-order valence-electron chi connectivity index (χ1n) is 10.3. The molecule has 0 unspecified atom stereocenters. The number of rotatable bonds is 6. The summed E-state index contributed by atoms with van der Waals surface area (Å²) in [4.78, 5) is 33.0. The van der Waals surface area contributed by atoms with Gasteiger partial charge in [-0.05, 0) is 63.8 Å². The molecule has 0 bridgehead atoms. The third-order valence-corrected chi connectivity index (χ3v) is 5.87. The molecule has 1 aromatic rings. The van der Waals surface area contributed by atoms with Crippen LogP contribution in [0.5, 0.6) is 5.75 Å². The van der Waals surface area contributed by atoms with E-state index in [2.05, 4.69) is 10.4 Å². The van der Waals surface area contributed by atoms with Gasteiger partial charge in [-0.3, -0.25) is 9.80 Å². The number of hydrogen-bond donors (Lipinski definition) is 1. The number of hydrogen-bond acceptors (Lipinski definition) is 7. The molecule has 0 aliphatic carbocycles. The van der Waals surface area contributed by atoms with E-state index < -0.39 is 11.9 Å². The molecule has 1 N–H and O–H groups in total. The summed E-state index contributed by atoms with van der Waals surface area (Å²) < 4.78 is 19.4. The fourth-order valence-corrected chi connectivity index (χ4v) is 3.99. The number of hydrazine groups is 1. The average Bonchev–Trinajstić information content (AvgIpc) is 3.11. The molecule has 1 aromatic carbocycles. The first-order valence-corrected chi connectivity index (χ1v) is 11.1. The Hall–Kier alpha value is -2.43. The first kappa shape index (κ1) is 23.2. The zero-order valence-corrected chi connectivity index (χ0v) is 18.9. The zero-order valence-electron chi connectivity index (χ0n) is 18.1. The molecular weight excluding hydrogens is 421 g/mol. The van der Waals surface area contributed by atoms with Crippen LogP contribution in [0, 0.1) is 5.82 Å². The molecule has 2 amide bonds. The molecule has 31 heavy (non-hydrogen) atoms. The monoisotopic (exact) mass is 449 g/mol. The normalized spacial score (nSPS) is 18.0. The van der Waals surface area contributed by atoms with Crippen LogP contribution in [-0.4, -0.2) is 78.8 Å². The maximum absolute atomic E-state index is 13.9. The van der Waals surface area contributed by atoms with Gasteiger partial charge in [-0.15, -0.1) is 0 Å². The van der Waals surface area contributed by atoms with Crippen LogP contribution in [0.1, 0.15) is 25.3 Å². The summed E-state index contributed by atoms with van der Waals surface area (Å²) in [6, 6.07) is 3.92. The van der Waals surface area contributed by atoms with Gasteiger partial charge in [0.05, 0.1) is 4.91 Å². The van der Waals surface area contributed by atoms with E-state index in [-0.39, 0.29) is 11.7 Å². The van der Waals surface area contributed by atoms with Gasteiger partial charge >= 0.3 is 6.09 Å². The van der Waals surface area contributed by atoms with Crippen molar-refractivity contribution < 1.29 is 18.7 Å². The standard InChI is InChI=1S/C21H28FN5O3S/c1-4-26(12-11-25(2)3)21(29)30-17-14-16(22)8-7-15(17)13-18-19(28)24-20(31-18)27-10-6-5-9-23-27/h7-8,13-14,23H,4-6,9-12H2,1-3H3/b18-13-. The number of carbonyl (C=O) groups excluding carboxylic acids is 2. The molecule has 0 spiro atoms. The van der Waals surface area contributed by atoms with Crippen LogP contribution in [0.3, 0.4) is 0 Å². The van der Waals surface area contributed by atoms with Gasteiger partial charge in [-0.25, -0.2) is 14.6 Å². The van der Waals surface area contributed by atoms with E-state index in [1.165, 1.54) is 23.9 Å². The summed E-state index contributed by atoms with van der Waals surface area (Å²) >= 11 is 1.25. The number of nitrogens with zero attached hydrogens (tertiary/aromatic N) is 4. The van der Waals surface area contributed by atoms with Crippen molar-refractivity contribution in [3.05, 3.63) is 34.5 Å². The number of benzene rings is 1. The maximum atomic E-state index is 13.9. The number of likely N-dealkylation sites (N-methyl/N-ethyl adjacent to an activating group) is 2. The highest BCUT2D eigenvalue weighted by atomic mass is 32.2. The Balaban J connectivity index is 1.75. The number of thioether (sulfide) groups is 1. The summed E-state index contributed by atoms with van der Waals surface area (Å²) in [5.41, 5.74) is 3.67. The van der Waals surface area contributed by atoms with Crippen molar-refractivity contribution in [1.82, 2.24) is 20.2 Å². The Morgan fingerprint density at radius 1 is 1.35 bits per heavy atom. The minimum atomic E-state index is -0.561. The van der Waals surface area contributed by atoms with E-state index in [4.69, 9.17) is 4.74 Å². The summed E-state index contributed by atoms with van der Waals surface area (Å²) in [6.45, 7) is 5.11. The van der Waals surface area contributed by atoms with Gasteiger partial charge in [-0.2, -0.15) is 4.99 Å². The molecule has 0 saturated carbocycles. The largest absolute Gasteiger partial charge is 0.415 e. The fourth-order valence-electron chi connectivity index (χ4n) is 3.08. The highest BCUT2D eigenvalue weighted by Gasteiger charge is 2.27. The van der Waals surface area contributed by atoms with E-state index in [0.29, 0.717) is 35.3 Å². The lowest BCUT2D eigenvalue weighted by Gasteiger charge is -2.28. The molecule has 1 saturated heterocycles. The Morgan fingerprint density at radius 2 is 2.16 bits per heavy atom. The molecule has 1 fully saturated rings. The smallest absolute Gasteiger partial charge is 0.409 e. The quantitative estimate of drug-likeness (QED) is 0.669. The van der Waals surface area contributed by atoms with E-state index >= 15 is 0 Å². The Morgan fingerprint density at radius 3 is 2.84 bits per heavy atom. The molecule has 3 rings (SSSR count). The van der Waals surface area contributed by atoms with Gasteiger partial charge in [-0.1, -0.05) is 0 Å². The molecule has 2 aliphatic heterocycles. The van der Waals surface area contributed by atoms with Gasteiger partial charge in [0, 0.05) is 44.4 Å². The second kappa shape index (κ2) is 10.7. The van der Waals surface area contributed by atoms with Crippen LogP contribution in [0.2, 0.25) is 0 Å². The van der Waals surface area contributed by atoms with E-state index in [9.17, 15) is 14.0 Å². The Labute approximate surface area is 186 Å². The number of aliphatic imine (C=N–C) groups is 1. The minimum absolute atomic E-state index is 0.0683. The zero-order chi connectivity index (χ0) is 22.4. The summed E-state index contributed by atoms with van der Waals surface area (Å²) in [5.74, 6) is -0.824. The number of amidine groups is 1. The fraction of sp³-hybridized carbons (Fsp3) is 0.476. The van der Waals surface area contributed by atoms with E-state index in [0.717, 1.165) is 32.0 Å². The predicted octanol–water partition coefficient (Wildman–Crippen LogP) is 2.78.